The Morgan fingerprint density at radius 1 is 1.27 bits per heavy atom. The second kappa shape index (κ2) is 9.08. The van der Waals surface area contributed by atoms with Gasteiger partial charge in [-0.05, 0) is 55.7 Å². The van der Waals surface area contributed by atoms with E-state index in [0.29, 0.717) is 19.6 Å². The fourth-order valence-electron chi connectivity index (χ4n) is 3.06. The molecule has 26 heavy (non-hydrogen) atoms. The zero-order chi connectivity index (χ0) is 18.4. The molecular formula is C21H24BrNO3. The van der Waals surface area contributed by atoms with E-state index in [9.17, 15) is 4.79 Å². The molecule has 0 spiro atoms. The molecule has 1 N–H and O–H groups in total. The first-order chi connectivity index (χ1) is 12.6. The summed E-state index contributed by atoms with van der Waals surface area (Å²) < 4.78 is 12.4. The van der Waals surface area contributed by atoms with E-state index in [1.54, 1.807) is 0 Å². The van der Waals surface area contributed by atoms with E-state index in [0.717, 1.165) is 40.8 Å². The first-order valence-corrected chi connectivity index (χ1v) is 9.82. The van der Waals surface area contributed by atoms with Crippen molar-refractivity contribution in [2.45, 2.75) is 38.6 Å². The van der Waals surface area contributed by atoms with Crippen molar-refractivity contribution in [3.8, 4) is 11.5 Å². The molecule has 138 valence electrons. The summed E-state index contributed by atoms with van der Waals surface area (Å²) in [6.45, 7) is 3.30. The Balaban J connectivity index is 1.40. The van der Waals surface area contributed by atoms with Crippen LogP contribution in [0, 0.1) is 6.92 Å². The first kappa shape index (κ1) is 18.8. The lowest BCUT2D eigenvalue weighted by Crippen LogP contribution is -2.32. The average molecular weight is 418 g/mol. The van der Waals surface area contributed by atoms with Gasteiger partial charge in [0.1, 0.15) is 11.5 Å². The van der Waals surface area contributed by atoms with Crippen LogP contribution in [0.3, 0.4) is 0 Å². The van der Waals surface area contributed by atoms with Crippen molar-refractivity contribution in [2.75, 3.05) is 13.2 Å². The van der Waals surface area contributed by atoms with Crippen LogP contribution in [0.15, 0.2) is 46.9 Å². The van der Waals surface area contributed by atoms with Gasteiger partial charge in [-0.2, -0.15) is 0 Å². The molecule has 1 unspecified atom stereocenters. The predicted octanol–water partition coefficient (Wildman–Crippen LogP) is 4.95. The molecule has 4 nitrogen and oxygen atoms in total. The zero-order valence-corrected chi connectivity index (χ0v) is 16.6. The van der Waals surface area contributed by atoms with Gasteiger partial charge in [-0.15, -0.1) is 0 Å². The van der Waals surface area contributed by atoms with E-state index in [4.69, 9.17) is 9.47 Å². The van der Waals surface area contributed by atoms with Crippen LogP contribution in [0.1, 0.15) is 42.9 Å². The molecule has 0 aliphatic carbocycles. The van der Waals surface area contributed by atoms with Gasteiger partial charge in [0.05, 0.1) is 19.3 Å². The van der Waals surface area contributed by atoms with Gasteiger partial charge in [0.2, 0.25) is 5.91 Å². The van der Waals surface area contributed by atoms with E-state index in [-0.39, 0.29) is 11.9 Å². The molecule has 1 amide bonds. The van der Waals surface area contributed by atoms with Crippen LogP contribution in [0.2, 0.25) is 0 Å². The molecular weight excluding hydrogens is 394 g/mol. The minimum Gasteiger partial charge on any atom is -0.494 e. The summed E-state index contributed by atoms with van der Waals surface area (Å²) in [6, 6.07) is 14.0. The molecule has 1 aliphatic heterocycles. The van der Waals surface area contributed by atoms with Crippen LogP contribution in [0.4, 0.5) is 0 Å². The summed E-state index contributed by atoms with van der Waals surface area (Å²) in [4.78, 5) is 12.3. The quantitative estimate of drug-likeness (QED) is 0.648. The van der Waals surface area contributed by atoms with E-state index in [1.165, 1.54) is 5.56 Å². The molecule has 0 fully saturated rings. The fourth-order valence-corrected chi connectivity index (χ4v) is 3.44. The summed E-state index contributed by atoms with van der Waals surface area (Å²) in [6.07, 6.45) is 2.98. The summed E-state index contributed by atoms with van der Waals surface area (Å²) >= 11 is 3.48. The van der Waals surface area contributed by atoms with Gasteiger partial charge >= 0.3 is 0 Å². The van der Waals surface area contributed by atoms with Gasteiger partial charge in [-0.25, -0.2) is 0 Å². The van der Waals surface area contributed by atoms with Crippen molar-refractivity contribution in [1.29, 1.82) is 0 Å². The Hall–Kier alpha value is -2.01. The molecule has 0 saturated carbocycles. The topological polar surface area (TPSA) is 47.6 Å². The monoisotopic (exact) mass is 417 g/mol. The van der Waals surface area contributed by atoms with Gasteiger partial charge in [-0.3, -0.25) is 4.79 Å². The minimum absolute atomic E-state index is 0.0206. The average Bonchev–Trinajstić information content (AvgIpc) is 2.62. The van der Waals surface area contributed by atoms with Crippen molar-refractivity contribution < 1.29 is 14.3 Å². The Morgan fingerprint density at radius 3 is 3.00 bits per heavy atom. The Morgan fingerprint density at radius 2 is 2.15 bits per heavy atom. The number of hydrogen-bond donors (Lipinski definition) is 1. The standard InChI is InChI=1S/C21H24BrNO3/c1-15-5-4-6-17(13-15)25-11-3-2-7-21(24)23-19-10-12-26-20-9-8-16(22)14-18(19)20/h4-6,8-9,13-14,19H,2-3,7,10-12H2,1H3,(H,23,24). The van der Waals surface area contributed by atoms with Gasteiger partial charge in [0, 0.05) is 22.9 Å². The van der Waals surface area contributed by atoms with Crippen LogP contribution in [0.25, 0.3) is 0 Å². The number of carbonyl (C=O) groups is 1. The molecule has 5 heteroatoms. The zero-order valence-electron chi connectivity index (χ0n) is 15.0. The third-order valence-electron chi connectivity index (χ3n) is 4.40. The SMILES string of the molecule is Cc1cccc(OCCCCC(=O)NC2CCOc3ccc(Br)cc32)c1. The number of ether oxygens (including phenoxy) is 2. The predicted molar refractivity (Wildman–Crippen MR) is 106 cm³/mol. The molecule has 2 aromatic carbocycles. The molecule has 3 rings (SSSR count). The first-order valence-electron chi connectivity index (χ1n) is 9.03. The van der Waals surface area contributed by atoms with Crippen LogP contribution >= 0.6 is 15.9 Å². The van der Waals surface area contributed by atoms with Crippen molar-refractivity contribution in [1.82, 2.24) is 5.32 Å². The second-order valence-corrected chi connectivity index (χ2v) is 7.48. The highest BCUT2D eigenvalue weighted by molar-refractivity contribution is 9.10. The summed E-state index contributed by atoms with van der Waals surface area (Å²) in [7, 11) is 0. The molecule has 1 atom stereocenters. The molecule has 1 heterocycles. The molecule has 0 bridgehead atoms. The van der Waals surface area contributed by atoms with Gasteiger partial charge in [0.25, 0.3) is 0 Å². The number of rotatable bonds is 7. The number of amides is 1. The van der Waals surface area contributed by atoms with Crippen LogP contribution in [-0.2, 0) is 4.79 Å². The lowest BCUT2D eigenvalue weighted by Gasteiger charge is -2.27. The Labute approximate surface area is 163 Å². The van der Waals surface area contributed by atoms with Gasteiger partial charge < -0.3 is 14.8 Å². The highest BCUT2D eigenvalue weighted by atomic mass is 79.9. The van der Waals surface area contributed by atoms with Gasteiger partial charge in [0.15, 0.2) is 0 Å². The van der Waals surface area contributed by atoms with Crippen molar-refractivity contribution in [2.24, 2.45) is 0 Å². The number of unbranched alkanes of at least 4 members (excludes halogenated alkanes) is 1. The van der Waals surface area contributed by atoms with E-state index >= 15 is 0 Å². The third kappa shape index (κ3) is 5.24. The van der Waals surface area contributed by atoms with Crippen molar-refractivity contribution in [3.63, 3.8) is 0 Å². The van der Waals surface area contributed by atoms with Crippen LogP contribution < -0.4 is 14.8 Å². The van der Waals surface area contributed by atoms with Crippen molar-refractivity contribution >= 4 is 21.8 Å². The van der Waals surface area contributed by atoms with E-state index in [1.807, 2.05) is 49.4 Å². The third-order valence-corrected chi connectivity index (χ3v) is 4.90. The van der Waals surface area contributed by atoms with Crippen molar-refractivity contribution in [3.05, 3.63) is 58.1 Å². The van der Waals surface area contributed by atoms with Crippen LogP contribution in [0.5, 0.6) is 11.5 Å². The molecule has 2 aromatic rings. The summed E-state index contributed by atoms with van der Waals surface area (Å²) in [5, 5.41) is 3.14. The molecule has 1 aliphatic rings. The number of benzene rings is 2. The fraction of sp³-hybridized carbons (Fsp3) is 0.381. The molecule has 0 aromatic heterocycles. The minimum atomic E-state index is 0.0206. The highest BCUT2D eigenvalue weighted by Crippen LogP contribution is 2.34. The lowest BCUT2D eigenvalue weighted by molar-refractivity contribution is -0.122. The van der Waals surface area contributed by atoms with Crippen LogP contribution in [-0.4, -0.2) is 19.1 Å². The molecule has 0 radical (unpaired) electrons. The number of halogens is 1. The number of nitrogens with one attached hydrogen (secondary N) is 1. The lowest BCUT2D eigenvalue weighted by atomic mass is 10.0. The normalized spacial score (nSPS) is 15.7. The summed E-state index contributed by atoms with van der Waals surface area (Å²) in [5.41, 5.74) is 2.23. The maximum atomic E-state index is 12.3. The number of fused-ring (bicyclic) bond motifs is 1. The second-order valence-electron chi connectivity index (χ2n) is 6.56. The number of aryl methyl sites for hydroxylation is 1. The number of carbonyl (C=O) groups excluding carboxylic acids is 1. The largest absolute Gasteiger partial charge is 0.494 e. The maximum absolute atomic E-state index is 12.3. The summed E-state index contributed by atoms with van der Waals surface area (Å²) in [5.74, 6) is 1.83. The van der Waals surface area contributed by atoms with Gasteiger partial charge in [-0.1, -0.05) is 28.1 Å². The number of hydrogen-bond acceptors (Lipinski definition) is 3. The Kier molecular flexibility index (Phi) is 6.56. The van der Waals surface area contributed by atoms with E-state index < -0.39 is 0 Å². The molecule has 0 saturated heterocycles. The highest BCUT2D eigenvalue weighted by Gasteiger charge is 2.23. The Bertz CT molecular complexity index is 763. The van der Waals surface area contributed by atoms with E-state index in [2.05, 4.69) is 21.2 Å². The maximum Gasteiger partial charge on any atom is 0.220 e. The smallest absolute Gasteiger partial charge is 0.220 e.